The minimum Gasteiger partial charge on any atom is -0.354 e. The van der Waals surface area contributed by atoms with Gasteiger partial charge in [-0.1, -0.05) is 56.2 Å². The fourth-order valence-electron chi connectivity index (χ4n) is 4.43. The van der Waals surface area contributed by atoms with E-state index >= 15 is 0 Å². The molecule has 3 atom stereocenters. The molecule has 5 heteroatoms. The minimum absolute atomic E-state index is 0.0862. The third-order valence-corrected chi connectivity index (χ3v) is 5.77. The van der Waals surface area contributed by atoms with Crippen LogP contribution in [0.3, 0.4) is 0 Å². The van der Waals surface area contributed by atoms with Gasteiger partial charge in [0.15, 0.2) is 0 Å². The summed E-state index contributed by atoms with van der Waals surface area (Å²) in [6.45, 7) is 5.09. The van der Waals surface area contributed by atoms with Crippen LogP contribution in [0.1, 0.15) is 38.7 Å². The molecule has 2 amide bonds. The molecule has 1 aromatic carbocycles. The number of hydrogen-bond acceptors (Lipinski definition) is 3. The Labute approximate surface area is 160 Å². The van der Waals surface area contributed by atoms with Gasteiger partial charge in [-0.05, 0) is 30.6 Å². The maximum absolute atomic E-state index is 13.3. The lowest BCUT2D eigenvalue weighted by Crippen LogP contribution is -2.54. The van der Waals surface area contributed by atoms with Gasteiger partial charge in [0.25, 0.3) is 5.91 Å². The number of fused-ring (bicyclic) bond motifs is 1. The zero-order valence-electron chi connectivity index (χ0n) is 15.9. The van der Waals surface area contributed by atoms with E-state index in [-0.39, 0.29) is 17.9 Å². The van der Waals surface area contributed by atoms with Crippen LogP contribution in [0.4, 0.5) is 0 Å². The Kier molecular flexibility index (Phi) is 4.64. The van der Waals surface area contributed by atoms with Gasteiger partial charge in [0.05, 0.1) is 11.7 Å². The molecule has 0 aromatic heterocycles. The van der Waals surface area contributed by atoms with Gasteiger partial charge in [-0.3, -0.25) is 9.59 Å². The first-order chi connectivity index (χ1) is 13.1. The maximum Gasteiger partial charge on any atom is 0.254 e. The zero-order chi connectivity index (χ0) is 19.0. The Morgan fingerprint density at radius 1 is 1.26 bits per heavy atom. The van der Waals surface area contributed by atoms with Crippen molar-refractivity contribution in [3.8, 4) is 0 Å². The average Bonchev–Trinajstić information content (AvgIpc) is 3.29. The van der Waals surface area contributed by atoms with E-state index in [0.717, 1.165) is 30.4 Å². The number of ether oxygens (including phenoxy) is 1. The number of benzene rings is 1. The van der Waals surface area contributed by atoms with Crippen LogP contribution in [-0.2, 0) is 20.9 Å². The third kappa shape index (κ3) is 2.81. The van der Waals surface area contributed by atoms with Crippen LogP contribution in [-0.4, -0.2) is 41.0 Å². The van der Waals surface area contributed by atoms with Crippen LogP contribution in [0, 0.1) is 0 Å². The zero-order valence-corrected chi connectivity index (χ0v) is 15.9. The molecule has 5 nitrogen and oxygen atoms in total. The maximum atomic E-state index is 13.3. The Hall–Kier alpha value is -2.40. The summed E-state index contributed by atoms with van der Waals surface area (Å²) in [6.07, 6.45) is 6.82. The number of carbonyl (C=O) groups is 2. The van der Waals surface area contributed by atoms with Crippen molar-refractivity contribution in [2.45, 2.75) is 57.4 Å². The van der Waals surface area contributed by atoms with E-state index in [1.807, 2.05) is 49.4 Å². The van der Waals surface area contributed by atoms with Crippen LogP contribution in [0.25, 0.3) is 0 Å². The first-order valence-electron chi connectivity index (χ1n) is 9.79. The van der Waals surface area contributed by atoms with Crippen LogP contribution in [0.5, 0.6) is 0 Å². The molecule has 0 radical (unpaired) electrons. The van der Waals surface area contributed by atoms with Gasteiger partial charge >= 0.3 is 0 Å². The van der Waals surface area contributed by atoms with Gasteiger partial charge < -0.3 is 15.0 Å². The van der Waals surface area contributed by atoms with Crippen molar-refractivity contribution in [2.75, 3.05) is 6.54 Å². The lowest BCUT2D eigenvalue weighted by Gasteiger charge is -2.31. The molecule has 0 saturated carbocycles. The molecule has 142 valence electrons. The molecule has 1 fully saturated rings. The Balaban J connectivity index is 1.64. The van der Waals surface area contributed by atoms with E-state index < -0.39 is 11.6 Å². The summed E-state index contributed by atoms with van der Waals surface area (Å²) < 4.78 is 6.19. The summed E-state index contributed by atoms with van der Waals surface area (Å²) in [4.78, 5) is 28.1. The van der Waals surface area contributed by atoms with E-state index in [1.54, 1.807) is 4.90 Å². The summed E-state index contributed by atoms with van der Waals surface area (Å²) in [5, 5.41) is 3.03. The fraction of sp³-hybridized carbons (Fsp3) is 0.455. The van der Waals surface area contributed by atoms with Crippen molar-refractivity contribution < 1.29 is 14.3 Å². The monoisotopic (exact) mass is 366 g/mol. The first kappa shape index (κ1) is 18.0. The predicted octanol–water partition coefficient (Wildman–Crippen LogP) is 2.73. The highest BCUT2D eigenvalue weighted by atomic mass is 16.5. The average molecular weight is 366 g/mol. The van der Waals surface area contributed by atoms with Crippen LogP contribution >= 0.6 is 0 Å². The topological polar surface area (TPSA) is 58.6 Å². The molecule has 1 aromatic rings. The quantitative estimate of drug-likeness (QED) is 0.596. The molecule has 3 heterocycles. The molecule has 3 aliphatic rings. The van der Waals surface area contributed by atoms with Gasteiger partial charge in [0, 0.05) is 13.1 Å². The van der Waals surface area contributed by atoms with Gasteiger partial charge in [0.1, 0.15) is 11.6 Å². The van der Waals surface area contributed by atoms with E-state index in [0.29, 0.717) is 18.7 Å². The SMILES string of the molecule is CCCCCNC(=O)[C@H]1N(Cc2ccccc2)C(=O)C2=C(C)[C@H]3C=C[C@]21O3. The summed E-state index contributed by atoms with van der Waals surface area (Å²) in [6, 6.07) is 9.12. The number of carbonyl (C=O) groups excluding carboxylic acids is 2. The van der Waals surface area contributed by atoms with Crippen molar-refractivity contribution in [3.05, 3.63) is 59.2 Å². The second-order valence-electron chi connectivity index (χ2n) is 7.57. The highest BCUT2D eigenvalue weighted by Crippen LogP contribution is 2.51. The molecule has 2 bridgehead atoms. The minimum atomic E-state index is -0.935. The molecule has 1 spiro atoms. The van der Waals surface area contributed by atoms with E-state index in [2.05, 4.69) is 12.2 Å². The molecule has 1 N–H and O–H groups in total. The number of amides is 2. The highest BCUT2D eigenvalue weighted by Gasteiger charge is 2.65. The molecule has 4 rings (SSSR count). The number of unbranched alkanes of at least 4 members (excludes halogenated alkanes) is 2. The lowest BCUT2D eigenvalue weighted by atomic mass is 9.85. The largest absolute Gasteiger partial charge is 0.354 e. The van der Waals surface area contributed by atoms with Crippen molar-refractivity contribution in [1.82, 2.24) is 10.2 Å². The van der Waals surface area contributed by atoms with Crippen molar-refractivity contribution >= 4 is 11.8 Å². The van der Waals surface area contributed by atoms with E-state index in [1.165, 1.54) is 0 Å². The van der Waals surface area contributed by atoms with Gasteiger partial charge in [-0.15, -0.1) is 0 Å². The first-order valence-corrected chi connectivity index (χ1v) is 9.79. The number of likely N-dealkylation sites (tertiary alicyclic amines) is 1. The number of hydrogen-bond donors (Lipinski definition) is 1. The lowest BCUT2D eigenvalue weighted by molar-refractivity contribution is -0.138. The number of nitrogens with zero attached hydrogens (tertiary/aromatic N) is 1. The van der Waals surface area contributed by atoms with Gasteiger partial charge in [0.2, 0.25) is 5.91 Å². The number of rotatable bonds is 7. The normalized spacial score (nSPS) is 28.2. The second kappa shape index (κ2) is 6.97. The summed E-state index contributed by atoms with van der Waals surface area (Å²) in [7, 11) is 0. The predicted molar refractivity (Wildman–Crippen MR) is 103 cm³/mol. The number of nitrogens with one attached hydrogen (secondary N) is 1. The standard InChI is InChI=1S/C22H26N2O3/c1-3-4-8-13-23-20(25)19-22-12-11-17(27-22)15(2)18(22)21(26)24(19)14-16-9-6-5-7-10-16/h5-7,9-12,17,19H,3-4,8,13-14H2,1-2H3,(H,23,25)/t17-,19-,22+/m1/s1. The Morgan fingerprint density at radius 3 is 2.78 bits per heavy atom. The molecule has 1 saturated heterocycles. The van der Waals surface area contributed by atoms with Gasteiger partial charge in [-0.25, -0.2) is 0 Å². The fourth-order valence-corrected chi connectivity index (χ4v) is 4.43. The van der Waals surface area contributed by atoms with E-state index in [4.69, 9.17) is 4.74 Å². The molecule has 3 aliphatic heterocycles. The van der Waals surface area contributed by atoms with Crippen molar-refractivity contribution in [1.29, 1.82) is 0 Å². The van der Waals surface area contributed by atoms with Crippen molar-refractivity contribution in [3.63, 3.8) is 0 Å². The Morgan fingerprint density at radius 2 is 2.04 bits per heavy atom. The molecule has 27 heavy (non-hydrogen) atoms. The van der Waals surface area contributed by atoms with Crippen molar-refractivity contribution in [2.24, 2.45) is 0 Å². The molecule has 0 unspecified atom stereocenters. The van der Waals surface area contributed by atoms with Crippen LogP contribution in [0.2, 0.25) is 0 Å². The highest BCUT2D eigenvalue weighted by molar-refractivity contribution is 6.07. The smallest absolute Gasteiger partial charge is 0.254 e. The summed E-state index contributed by atoms with van der Waals surface area (Å²) in [5.41, 5.74) is 1.65. The second-order valence-corrected chi connectivity index (χ2v) is 7.57. The van der Waals surface area contributed by atoms with Gasteiger partial charge in [-0.2, -0.15) is 0 Å². The third-order valence-electron chi connectivity index (χ3n) is 5.77. The Bertz CT molecular complexity index is 814. The summed E-state index contributed by atoms with van der Waals surface area (Å²) in [5.74, 6) is -0.220. The van der Waals surface area contributed by atoms with Crippen LogP contribution in [0.15, 0.2) is 53.6 Å². The van der Waals surface area contributed by atoms with E-state index in [9.17, 15) is 9.59 Å². The molecular formula is C22H26N2O3. The molecular weight excluding hydrogens is 340 g/mol. The van der Waals surface area contributed by atoms with Crippen LogP contribution < -0.4 is 5.32 Å². The summed E-state index contributed by atoms with van der Waals surface area (Å²) >= 11 is 0. The molecule has 0 aliphatic carbocycles.